The zero-order valence-electron chi connectivity index (χ0n) is 33.1. The molecule has 0 aliphatic carbocycles. The summed E-state index contributed by atoms with van der Waals surface area (Å²) < 4.78 is 2.36. The van der Waals surface area contributed by atoms with E-state index < -0.39 is 0 Å². The topological polar surface area (TPSA) is 43.6 Å². The molecule has 0 aliphatic heterocycles. The van der Waals surface area contributed by atoms with Gasteiger partial charge in [-0.1, -0.05) is 188 Å². The van der Waals surface area contributed by atoms with Crippen LogP contribution in [0, 0.1) is 0 Å². The zero-order valence-corrected chi connectivity index (χ0v) is 33.1. The normalized spacial score (nSPS) is 11.6. The van der Waals surface area contributed by atoms with Gasteiger partial charge in [-0.25, -0.2) is 15.0 Å². The third-order valence-electron chi connectivity index (χ3n) is 12.0. The minimum atomic E-state index is 0.631. The van der Waals surface area contributed by atoms with Crippen LogP contribution in [0.4, 0.5) is 0 Å². The highest BCUT2D eigenvalue weighted by Crippen LogP contribution is 2.40. The number of fused-ring (bicyclic) bond motifs is 7. The van der Waals surface area contributed by atoms with E-state index in [1.54, 1.807) is 0 Å². The van der Waals surface area contributed by atoms with Gasteiger partial charge in [-0.3, -0.25) is 0 Å². The van der Waals surface area contributed by atoms with Crippen molar-refractivity contribution in [1.29, 1.82) is 0 Å². The van der Waals surface area contributed by atoms with Gasteiger partial charge in [0.15, 0.2) is 17.5 Å². The SMILES string of the molecule is c1ccc(-c2nc(-c3ccc(-c4ccc5c6ccccc6n(-c6ccccc6)c5c4)cc3)nc(-c3ccc(-c4c5ccccc5cc5c4ccc4ccccc45)cc3)n2)cc1. The van der Waals surface area contributed by atoms with Crippen LogP contribution in [0.5, 0.6) is 0 Å². The molecule has 12 rings (SSSR count). The number of benzene rings is 10. The Bertz CT molecular complexity index is 3610. The summed E-state index contributed by atoms with van der Waals surface area (Å²) in [4.78, 5) is 15.2. The highest BCUT2D eigenvalue weighted by atomic mass is 15.0. The zero-order chi connectivity index (χ0) is 40.3. The highest BCUT2D eigenvalue weighted by Gasteiger charge is 2.17. The molecule has 0 N–H and O–H groups in total. The number of para-hydroxylation sites is 2. The molecule has 284 valence electrons. The van der Waals surface area contributed by atoms with Gasteiger partial charge in [0.1, 0.15) is 0 Å². The molecule has 10 aromatic carbocycles. The minimum absolute atomic E-state index is 0.631. The summed E-state index contributed by atoms with van der Waals surface area (Å²) in [7, 11) is 0. The Hall–Kier alpha value is -8.21. The van der Waals surface area contributed by atoms with Gasteiger partial charge in [-0.2, -0.15) is 0 Å². The van der Waals surface area contributed by atoms with Crippen molar-refractivity contribution < 1.29 is 0 Å². The summed E-state index contributed by atoms with van der Waals surface area (Å²) in [6, 6.07) is 77.6. The van der Waals surface area contributed by atoms with Crippen molar-refractivity contribution >= 4 is 54.1 Å². The molecule has 4 nitrogen and oxygen atoms in total. The fourth-order valence-electron chi connectivity index (χ4n) is 9.08. The van der Waals surface area contributed by atoms with Gasteiger partial charge in [-0.05, 0) is 84.9 Å². The van der Waals surface area contributed by atoms with Crippen LogP contribution in [0.3, 0.4) is 0 Å². The molecule has 0 spiro atoms. The maximum Gasteiger partial charge on any atom is 0.164 e. The van der Waals surface area contributed by atoms with Crippen molar-refractivity contribution in [2.45, 2.75) is 0 Å². The first-order chi connectivity index (χ1) is 30.2. The smallest absolute Gasteiger partial charge is 0.164 e. The highest BCUT2D eigenvalue weighted by molar-refractivity contribution is 6.20. The molecule has 0 radical (unpaired) electrons. The Kier molecular flexibility index (Phi) is 8.13. The average molecular weight is 777 g/mol. The van der Waals surface area contributed by atoms with E-state index in [1.807, 2.05) is 18.2 Å². The second-order valence-electron chi connectivity index (χ2n) is 15.6. The summed E-state index contributed by atoms with van der Waals surface area (Å²) in [6.07, 6.45) is 0. The lowest BCUT2D eigenvalue weighted by atomic mass is 9.89. The largest absolute Gasteiger partial charge is 0.309 e. The van der Waals surface area contributed by atoms with Crippen molar-refractivity contribution in [3.05, 3.63) is 218 Å². The van der Waals surface area contributed by atoms with Gasteiger partial charge in [0.2, 0.25) is 0 Å². The molecule has 0 bridgehead atoms. The van der Waals surface area contributed by atoms with Crippen molar-refractivity contribution in [2.75, 3.05) is 0 Å². The van der Waals surface area contributed by atoms with Gasteiger partial charge >= 0.3 is 0 Å². The van der Waals surface area contributed by atoms with E-state index in [9.17, 15) is 0 Å². The molecule has 0 aliphatic rings. The summed E-state index contributed by atoms with van der Waals surface area (Å²) in [6.45, 7) is 0. The molecule has 4 heteroatoms. The fourth-order valence-corrected chi connectivity index (χ4v) is 9.08. The molecular weight excluding hydrogens is 741 g/mol. The first-order valence-electron chi connectivity index (χ1n) is 20.7. The van der Waals surface area contributed by atoms with Gasteiger partial charge < -0.3 is 4.57 Å². The molecule has 0 saturated heterocycles. The molecule has 12 aromatic rings. The van der Waals surface area contributed by atoms with E-state index in [4.69, 9.17) is 15.0 Å². The average Bonchev–Trinajstić information content (AvgIpc) is 3.67. The first kappa shape index (κ1) is 34.8. The predicted molar refractivity (Wildman–Crippen MR) is 254 cm³/mol. The number of rotatable bonds is 6. The molecule has 0 unspecified atom stereocenters. The molecule has 0 atom stereocenters. The Labute approximate surface area is 352 Å². The Balaban J connectivity index is 0.941. The van der Waals surface area contributed by atoms with E-state index in [-0.39, 0.29) is 0 Å². The molecule has 0 saturated carbocycles. The van der Waals surface area contributed by atoms with Crippen LogP contribution in [0.2, 0.25) is 0 Å². The van der Waals surface area contributed by atoms with Gasteiger partial charge in [0.05, 0.1) is 11.0 Å². The quantitative estimate of drug-likeness (QED) is 0.125. The monoisotopic (exact) mass is 776 g/mol. The maximum absolute atomic E-state index is 5.12. The Morgan fingerprint density at radius 1 is 0.262 bits per heavy atom. The van der Waals surface area contributed by atoms with E-state index in [0.29, 0.717) is 17.5 Å². The maximum atomic E-state index is 5.12. The van der Waals surface area contributed by atoms with Crippen LogP contribution in [-0.4, -0.2) is 19.5 Å². The summed E-state index contributed by atoms with van der Waals surface area (Å²) in [5.74, 6) is 1.90. The lowest BCUT2D eigenvalue weighted by Gasteiger charge is -2.14. The minimum Gasteiger partial charge on any atom is -0.309 e. The predicted octanol–water partition coefficient (Wildman–Crippen LogP) is 14.8. The van der Waals surface area contributed by atoms with Gasteiger partial charge in [0.25, 0.3) is 0 Å². The van der Waals surface area contributed by atoms with Gasteiger partial charge in [0, 0.05) is 33.2 Å². The Morgan fingerprint density at radius 3 is 1.46 bits per heavy atom. The van der Waals surface area contributed by atoms with Crippen molar-refractivity contribution in [1.82, 2.24) is 19.5 Å². The first-order valence-corrected chi connectivity index (χ1v) is 20.7. The summed E-state index contributed by atoms with van der Waals surface area (Å²) in [5.41, 5.74) is 11.0. The van der Waals surface area contributed by atoms with Crippen LogP contribution in [0.15, 0.2) is 218 Å². The Morgan fingerprint density at radius 2 is 0.754 bits per heavy atom. The molecule has 2 heterocycles. The van der Waals surface area contributed by atoms with E-state index >= 15 is 0 Å². The van der Waals surface area contributed by atoms with Crippen LogP contribution in [-0.2, 0) is 0 Å². The number of hydrogen-bond donors (Lipinski definition) is 0. The van der Waals surface area contributed by atoms with Crippen LogP contribution in [0.1, 0.15) is 0 Å². The van der Waals surface area contributed by atoms with Gasteiger partial charge in [-0.15, -0.1) is 0 Å². The standard InChI is InChI=1S/C57H36N4/c1-3-14-40(15-4-1)55-58-56(41-27-23-37(24-28-41)43-32-33-49-48-21-11-12-22-52(48)61(53(49)36-43)45-17-5-2-6-18-45)60-57(59-55)42-29-25-39(26-30-42)54-47-20-10-8-16-44(47)35-51-46-19-9-7-13-38(46)31-34-50(51)54/h1-36H. The number of hydrogen-bond acceptors (Lipinski definition) is 3. The lowest BCUT2D eigenvalue weighted by molar-refractivity contribution is 1.07. The second-order valence-corrected chi connectivity index (χ2v) is 15.6. The van der Waals surface area contributed by atoms with E-state index in [2.05, 4.69) is 205 Å². The fraction of sp³-hybridized carbons (Fsp3) is 0. The molecule has 0 fully saturated rings. The second kappa shape index (κ2) is 14.3. The van der Waals surface area contributed by atoms with Crippen LogP contribution in [0.25, 0.3) is 116 Å². The third-order valence-corrected chi connectivity index (χ3v) is 12.0. The van der Waals surface area contributed by atoms with Crippen molar-refractivity contribution in [3.63, 3.8) is 0 Å². The molecule has 0 amide bonds. The van der Waals surface area contributed by atoms with E-state index in [0.717, 1.165) is 39.1 Å². The number of aromatic nitrogens is 4. The third kappa shape index (κ3) is 5.96. The summed E-state index contributed by atoms with van der Waals surface area (Å²) in [5, 5.41) is 9.93. The molecule has 2 aromatic heterocycles. The van der Waals surface area contributed by atoms with Crippen LogP contribution < -0.4 is 0 Å². The molecular formula is C57H36N4. The van der Waals surface area contributed by atoms with Crippen LogP contribution >= 0.6 is 0 Å². The van der Waals surface area contributed by atoms with Crippen molar-refractivity contribution in [2.24, 2.45) is 0 Å². The lowest BCUT2D eigenvalue weighted by Crippen LogP contribution is -2.00. The summed E-state index contributed by atoms with van der Waals surface area (Å²) >= 11 is 0. The van der Waals surface area contributed by atoms with E-state index in [1.165, 1.54) is 59.7 Å². The number of nitrogens with zero attached hydrogens (tertiary/aromatic N) is 4. The molecule has 61 heavy (non-hydrogen) atoms. The van der Waals surface area contributed by atoms with Crippen molar-refractivity contribution in [3.8, 4) is 62.1 Å².